The van der Waals surface area contributed by atoms with E-state index < -0.39 is 0 Å². The van der Waals surface area contributed by atoms with Crippen molar-refractivity contribution in [3.05, 3.63) is 29.8 Å². The molecule has 3 aliphatic heterocycles. The van der Waals surface area contributed by atoms with Gasteiger partial charge in [0.25, 0.3) is 0 Å². The van der Waals surface area contributed by atoms with E-state index in [1.807, 2.05) is 24.3 Å². The fourth-order valence-corrected chi connectivity index (χ4v) is 4.07. The number of hydrogen-bond acceptors (Lipinski definition) is 5. The fourth-order valence-electron chi connectivity index (χ4n) is 4.07. The maximum atomic E-state index is 12.0. The van der Waals surface area contributed by atoms with E-state index in [0.29, 0.717) is 19.5 Å². The molecule has 0 aliphatic carbocycles. The van der Waals surface area contributed by atoms with Crippen LogP contribution in [0.3, 0.4) is 0 Å². The van der Waals surface area contributed by atoms with Crippen LogP contribution in [0.2, 0.25) is 0 Å². The Hall–Kier alpha value is -2.40. The highest BCUT2D eigenvalue weighted by molar-refractivity contribution is 6.05. The van der Waals surface area contributed by atoms with Gasteiger partial charge in [-0.25, -0.2) is 4.79 Å². The fraction of sp³-hybridized carbons (Fsp3) is 0.524. The molecule has 0 bridgehead atoms. The molecule has 1 unspecified atom stereocenters. The van der Waals surface area contributed by atoms with Crippen LogP contribution in [0.5, 0.6) is 0 Å². The molecule has 3 heterocycles. The number of ether oxygens (including phenoxy) is 1. The summed E-state index contributed by atoms with van der Waals surface area (Å²) in [6, 6.07) is 7.22. The summed E-state index contributed by atoms with van der Waals surface area (Å²) in [6.45, 7) is 5.65. The third kappa shape index (κ3) is 4.36. The normalized spacial score (nSPS) is 25.9. The lowest BCUT2D eigenvalue weighted by Gasteiger charge is -2.44. The number of hydrogen-bond donors (Lipinski definition) is 2. The van der Waals surface area contributed by atoms with Crippen LogP contribution >= 0.6 is 0 Å². The lowest BCUT2D eigenvalue weighted by molar-refractivity contribution is -0.120. The van der Waals surface area contributed by atoms with Crippen molar-refractivity contribution < 1.29 is 14.3 Å². The number of anilines is 1. The van der Waals surface area contributed by atoms with Crippen molar-refractivity contribution >= 4 is 17.6 Å². The molecule has 0 saturated carbocycles. The van der Waals surface area contributed by atoms with Gasteiger partial charge in [0.15, 0.2) is 0 Å². The molecule has 7 nitrogen and oxygen atoms in total. The first kappa shape index (κ1) is 18.9. The van der Waals surface area contributed by atoms with Gasteiger partial charge >= 0.3 is 6.03 Å². The van der Waals surface area contributed by atoms with Gasteiger partial charge in [-0.2, -0.15) is 0 Å². The Morgan fingerprint density at radius 1 is 1.25 bits per heavy atom. The Kier molecular flexibility index (Phi) is 5.62. The third-order valence-electron chi connectivity index (χ3n) is 5.51. The molecule has 1 spiro atoms. The molecular weight excluding hydrogens is 356 g/mol. The van der Waals surface area contributed by atoms with Gasteiger partial charge in [0, 0.05) is 43.9 Å². The van der Waals surface area contributed by atoms with E-state index in [9.17, 15) is 9.59 Å². The molecule has 3 aliphatic rings. The zero-order valence-corrected chi connectivity index (χ0v) is 16.0. The second-order valence-corrected chi connectivity index (χ2v) is 7.63. The Bertz CT molecular complexity index is 802. The molecule has 28 heavy (non-hydrogen) atoms. The first-order valence-electron chi connectivity index (χ1n) is 9.91. The number of carbonyl (C=O) groups excluding carboxylic acids is 2. The van der Waals surface area contributed by atoms with Crippen LogP contribution in [0.1, 0.15) is 24.8 Å². The van der Waals surface area contributed by atoms with Crippen LogP contribution < -0.4 is 15.5 Å². The van der Waals surface area contributed by atoms with Crippen LogP contribution in [0, 0.1) is 11.8 Å². The molecule has 1 aromatic rings. The Morgan fingerprint density at radius 3 is 3.00 bits per heavy atom. The minimum atomic E-state index is -0.374. The van der Waals surface area contributed by atoms with Gasteiger partial charge in [0.05, 0.1) is 18.8 Å². The first-order chi connectivity index (χ1) is 13.6. The number of carbonyl (C=O) groups is 2. The van der Waals surface area contributed by atoms with Crippen molar-refractivity contribution in [1.82, 2.24) is 15.5 Å². The maximum absolute atomic E-state index is 12.0. The van der Waals surface area contributed by atoms with Crippen molar-refractivity contribution in [2.24, 2.45) is 0 Å². The minimum absolute atomic E-state index is 0.0584. The van der Waals surface area contributed by atoms with Gasteiger partial charge in [-0.1, -0.05) is 17.9 Å². The molecule has 148 valence electrons. The molecule has 3 saturated heterocycles. The van der Waals surface area contributed by atoms with Crippen molar-refractivity contribution in [2.45, 2.75) is 24.9 Å². The highest BCUT2D eigenvalue weighted by Gasteiger charge is 2.37. The number of nitrogens with one attached hydrogen (secondary N) is 2. The van der Waals surface area contributed by atoms with E-state index >= 15 is 0 Å². The Labute approximate surface area is 165 Å². The monoisotopic (exact) mass is 382 g/mol. The quantitative estimate of drug-likeness (QED) is 0.745. The zero-order chi connectivity index (χ0) is 19.4. The van der Waals surface area contributed by atoms with Crippen molar-refractivity contribution in [3.8, 4) is 11.8 Å². The van der Waals surface area contributed by atoms with E-state index in [1.54, 1.807) is 4.90 Å². The van der Waals surface area contributed by atoms with E-state index in [1.165, 1.54) is 0 Å². The predicted molar refractivity (Wildman–Crippen MR) is 106 cm³/mol. The first-order valence-corrected chi connectivity index (χ1v) is 9.91. The van der Waals surface area contributed by atoms with Crippen LogP contribution in [0.15, 0.2) is 24.3 Å². The van der Waals surface area contributed by atoms with Crippen LogP contribution in [0.4, 0.5) is 10.5 Å². The molecule has 0 radical (unpaired) electrons. The highest BCUT2D eigenvalue weighted by Crippen LogP contribution is 2.25. The van der Waals surface area contributed by atoms with Gasteiger partial charge in [0.2, 0.25) is 5.91 Å². The van der Waals surface area contributed by atoms with E-state index in [4.69, 9.17) is 4.74 Å². The average Bonchev–Trinajstić information content (AvgIpc) is 2.69. The summed E-state index contributed by atoms with van der Waals surface area (Å²) in [5, 5.41) is 5.80. The van der Waals surface area contributed by atoms with Crippen molar-refractivity contribution in [2.75, 3.05) is 50.8 Å². The Morgan fingerprint density at radius 2 is 2.18 bits per heavy atom. The Balaban J connectivity index is 1.38. The zero-order valence-electron chi connectivity index (χ0n) is 16.0. The average molecular weight is 382 g/mol. The predicted octanol–water partition coefficient (Wildman–Crippen LogP) is 0.939. The number of amides is 3. The van der Waals surface area contributed by atoms with E-state index in [0.717, 1.165) is 56.9 Å². The van der Waals surface area contributed by atoms with E-state index in [-0.39, 0.29) is 17.5 Å². The minimum Gasteiger partial charge on any atom is -0.371 e. The maximum Gasteiger partial charge on any atom is 0.328 e. The lowest BCUT2D eigenvalue weighted by atomic mass is 9.92. The summed E-state index contributed by atoms with van der Waals surface area (Å²) in [4.78, 5) is 27.3. The number of piperidine rings is 1. The van der Waals surface area contributed by atoms with Gasteiger partial charge in [-0.05, 0) is 37.6 Å². The molecule has 7 heteroatoms. The highest BCUT2D eigenvalue weighted by atomic mass is 16.5. The summed E-state index contributed by atoms with van der Waals surface area (Å²) < 4.78 is 6.08. The molecule has 3 amide bonds. The third-order valence-corrected chi connectivity index (χ3v) is 5.51. The summed E-state index contributed by atoms with van der Waals surface area (Å²) in [7, 11) is 0. The molecule has 1 atom stereocenters. The van der Waals surface area contributed by atoms with Crippen molar-refractivity contribution in [3.63, 3.8) is 0 Å². The lowest BCUT2D eigenvalue weighted by Crippen LogP contribution is -2.58. The molecule has 1 aromatic carbocycles. The number of urea groups is 1. The topological polar surface area (TPSA) is 73.9 Å². The number of benzene rings is 1. The largest absolute Gasteiger partial charge is 0.371 e. The second-order valence-electron chi connectivity index (χ2n) is 7.63. The van der Waals surface area contributed by atoms with Crippen LogP contribution in [-0.4, -0.2) is 68.3 Å². The molecule has 0 aromatic heterocycles. The smallest absolute Gasteiger partial charge is 0.328 e. The molecule has 3 fully saturated rings. The summed E-state index contributed by atoms with van der Waals surface area (Å²) in [6.07, 6.45) is 2.57. The number of rotatable bonds is 2. The summed E-state index contributed by atoms with van der Waals surface area (Å²) in [5.74, 6) is 6.25. The molecule has 2 N–H and O–H groups in total. The van der Waals surface area contributed by atoms with Gasteiger partial charge in [-0.15, -0.1) is 0 Å². The van der Waals surface area contributed by atoms with Gasteiger partial charge in [0.1, 0.15) is 0 Å². The summed E-state index contributed by atoms with van der Waals surface area (Å²) >= 11 is 0. The number of imide groups is 1. The van der Waals surface area contributed by atoms with Crippen LogP contribution in [-0.2, 0) is 9.53 Å². The second kappa shape index (κ2) is 8.31. The van der Waals surface area contributed by atoms with Crippen molar-refractivity contribution in [1.29, 1.82) is 0 Å². The standard InChI is InChI=1S/C21H26N4O3/c26-19-7-11-25(20(27)23-19)18-6-1-4-17(14-18)5-2-10-24-12-13-28-21(16-24)8-3-9-22-15-21/h1,4,6,14,22H,3,7-13,15-16H2,(H,23,26,27). The molecule has 4 rings (SSSR count). The van der Waals surface area contributed by atoms with Gasteiger partial charge in [-0.3, -0.25) is 19.9 Å². The SMILES string of the molecule is O=C1CCN(c2cccc(C#CCN3CCOC4(CCCNC4)C3)c2)C(=O)N1. The van der Waals surface area contributed by atoms with Crippen LogP contribution in [0.25, 0.3) is 0 Å². The number of morpholine rings is 1. The van der Waals surface area contributed by atoms with E-state index in [2.05, 4.69) is 27.4 Å². The summed E-state index contributed by atoms with van der Waals surface area (Å²) in [5.41, 5.74) is 1.57. The molecular formula is C21H26N4O3. The number of nitrogens with zero attached hydrogens (tertiary/aromatic N) is 2. The van der Waals surface area contributed by atoms with Gasteiger partial charge < -0.3 is 10.1 Å².